The fourth-order valence-electron chi connectivity index (χ4n) is 0.973. The van der Waals surface area contributed by atoms with Crippen molar-refractivity contribution >= 4 is 17.8 Å². The van der Waals surface area contributed by atoms with Gasteiger partial charge in [0.25, 0.3) is 0 Å². The molecule has 1 aliphatic heterocycles. The molecule has 72 valence electrons. The normalized spacial score (nSPS) is 15.3. The van der Waals surface area contributed by atoms with Gasteiger partial charge in [-0.3, -0.25) is 25.3 Å². The summed E-state index contributed by atoms with van der Waals surface area (Å²) in [5.41, 5.74) is 0.868. The lowest BCUT2D eigenvalue weighted by atomic mass is 10.4. The summed E-state index contributed by atoms with van der Waals surface area (Å²) in [4.78, 5) is 25.4. The van der Waals surface area contributed by atoms with Gasteiger partial charge in [-0.25, -0.2) is 4.99 Å². The van der Waals surface area contributed by atoms with Crippen molar-refractivity contribution in [2.75, 3.05) is 0 Å². The Hall–Kier alpha value is -2.18. The van der Waals surface area contributed by atoms with Crippen LogP contribution in [-0.4, -0.2) is 28.0 Å². The van der Waals surface area contributed by atoms with Gasteiger partial charge >= 0.3 is 11.8 Å². The van der Waals surface area contributed by atoms with Gasteiger partial charge in [0.2, 0.25) is 5.96 Å². The third kappa shape index (κ3) is 1.60. The predicted octanol–water partition coefficient (Wildman–Crippen LogP) is -1.49. The highest BCUT2D eigenvalue weighted by Gasteiger charge is 2.24. The van der Waals surface area contributed by atoms with Gasteiger partial charge < -0.3 is 0 Å². The Bertz CT molecular complexity index is 376. The number of aliphatic imine (C=N–C) groups is 1. The molecule has 1 aliphatic rings. The van der Waals surface area contributed by atoms with Crippen molar-refractivity contribution in [1.82, 2.24) is 20.8 Å². The second-order valence-corrected chi connectivity index (χ2v) is 2.68. The number of aromatic nitrogens is 2. The third-order valence-electron chi connectivity index (χ3n) is 1.64. The lowest BCUT2D eigenvalue weighted by Crippen LogP contribution is -2.25. The Morgan fingerprint density at radius 3 is 2.57 bits per heavy atom. The number of carbonyl (C=O) groups is 2. The highest BCUT2D eigenvalue weighted by molar-refractivity contribution is 6.45. The van der Waals surface area contributed by atoms with Crippen LogP contribution in [0.1, 0.15) is 5.56 Å². The quantitative estimate of drug-likeness (QED) is 0.499. The van der Waals surface area contributed by atoms with Gasteiger partial charge in [0.05, 0.1) is 12.7 Å². The standard InChI is InChI=1S/C7H7N5O2/c13-5-6(14)12-7(11-5)8-1-4-2-9-10-3-4/h2-3H,1H2,(H,9,10)(H2,8,11,12,13,14). The first-order valence-electron chi connectivity index (χ1n) is 3.90. The van der Waals surface area contributed by atoms with E-state index >= 15 is 0 Å². The second-order valence-electron chi connectivity index (χ2n) is 2.68. The van der Waals surface area contributed by atoms with Gasteiger partial charge in [0.15, 0.2) is 0 Å². The number of hydrogen-bond donors (Lipinski definition) is 3. The van der Waals surface area contributed by atoms with Gasteiger partial charge in [-0.15, -0.1) is 0 Å². The SMILES string of the molecule is O=C1NC(=NCc2cn[nH]c2)NC1=O. The first kappa shape index (κ1) is 8.42. The van der Waals surface area contributed by atoms with Crippen molar-refractivity contribution in [3.63, 3.8) is 0 Å². The van der Waals surface area contributed by atoms with E-state index < -0.39 is 11.8 Å². The van der Waals surface area contributed by atoms with E-state index in [0.717, 1.165) is 5.56 Å². The minimum absolute atomic E-state index is 0.182. The molecule has 1 aromatic rings. The molecule has 0 bridgehead atoms. The molecule has 2 rings (SSSR count). The molecule has 7 heteroatoms. The van der Waals surface area contributed by atoms with Gasteiger partial charge in [0, 0.05) is 11.8 Å². The first-order valence-corrected chi connectivity index (χ1v) is 3.90. The summed E-state index contributed by atoms with van der Waals surface area (Å²) >= 11 is 0. The van der Waals surface area contributed by atoms with Gasteiger partial charge in [-0.1, -0.05) is 0 Å². The van der Waals surface area contributed by atoms with E-state index in [2.05, 4.69) is 25.8 Å². The number of carbonyl (C=O) groups excluding carboxylic acids is 2. The Kier molecular flexibility index (Phi) is 1.98. The summed E-state index contributed by atoms with van der Waals surface area (Å²) in [5.74, 6) is -1.19. The molecule has 0 radical (unpaired) electrons. The molecule has 2 heterocycles. The molecule has 0 atom stereocenters. The average Bonchev–Trinajstić information content (AvgIpc) is 2.74. The van der Waals surface area contributed by atoms with E-state index in [4.69, 9.17) is 0 Å². The fourth-order valence-corrected chi connectivity index (χ4v) is 0.973. The van der Waals surface area contributed by atoms with Crippen LogP contribution in [0.25, 0.3) is 0 Å². The summed E-state index contributed by atoms with van der Waals surface area (Å²) in [6.07, 6.45) is 3.30. The number of amides is 2. The molecule has 0 spiro atoms. The smallest absolute Gasteiger partial charge is 0.288 e. The molecular weight excluding hydrogens is 186 g/mol. The van der Waals surface area contributed by atoms with Crippen LogP contribution >= 0.6 is 0 Å². The number of hydrogen-bond acceptors (Lipinski definition) is 4. The zero-order chi connectivity index (χ0) is 9.97. The monoisotopic (exact) mass is 193 g/mol. The zero-order valence-electron chi connectivity index (χ0n) is 7.07. The van der Waals surface area contributed by atoms with E-state index in [9.17, 15) is 9.59 Å². The number of rotatable bonds is 2. The molecule has 0 aromatic carbocycles. The van der Waals surface area contributed by atoms with E-state index in [-0.39, 0.29) is 5.96 Å². The lowest BCUT2D eigenvalue weighted by Gasteiger charge is -1.93. The average molecular weight is 193 g/mol. The predicted molar refractivity (Wildman–Crippen MR) is 46.0 cm³/mol. The van der Waals surface area contributed by atoms with E-state index in [1.165, 1.54) is 0 Å². The van der Waals surface area contributed by atoms with Gasteiger partial charge in [-0.2, -0.15) is 5.10 Å². The number of nitrogens with one attached hydrogen (secondary N) is 3. The Morgan fingerprint density at radius 2 is 2.00 bits per heavy atom. The van der Waals surface area contributed by atoms with Crippen LogP contribution in [-0.2, 0) is 16.1 Å². The largest absolute Gasteiger partial charge is 0.316 e. The van der Waals surface area contributed by atoms with E-state index in [1.807, 2.05) is 0 Å². The molecule has 1 aromatic heterocycles. The number of aromatic amines is 1. The third-order valence-corrected chi connectivity index (χ3v) is 1.64. The first-order chi connectivity index (χ1) is 6.75. The van der Waals surface area contributed by atoms with E-state index in [1.54, 1.807) is 12.4 Å². The maximum Gasteiger partial charge on any atom is 0.316 e. The second kappa shape index (κ2) is 3.29. The molecule has 1 fully saturated rings. The Labute approximate surface area is 78.6 Å². The van der Waals surface area contributed by atoms with Crippen molar-refractivity contribution in [2.45, 2.75) is 6.54 Å². The molecular formula is C7H7N5O2. The van der Waals surface area contributed by atoms with Crippen molar-refractivity contribution in [2.24, 2.45) is 4.99 Å². The summed E-state index contributed by atoms with van der Waals surface area (Å²) in [6.45, 7) is 0.354. The molecule has 0 unspecified atom stereocenters. The van der Waals surface area contributed by atoms with Gasteiger partial charge in [-0.05, 0) is 0 Å². The lowest BCUT2D eigenvalue weighted by molar-refractivity contribution is -0.135. The van der Waals surface area contributed by atoms with Crippen molar-refractivity contribution < 1.29 is 9.59 Å². The highest BCUT2D eigenvalue weighted by Crippen LogP contribution is 1.96. The summed E-state index contributed by atoms with van der Waals surface area (Å²) in [6, 6.07) is 0. The number of nitrogens with zero attached hydrogens (tertiary/aromatic N) is 2. The van der Waals surface area contributed by atoms with Crippen LogP contribution in [0.4, 0.5) is 0 Å². The number of H-pyrrole nitrogens is 1. The van der Waals surface area contributed by atoms with Crippen LogP contribution < -0.4 is 10.6 Å². The van der Waals surface area contributed by atoms with Crippen molar-refractivity contribution in [3.8, 4) is 0 Å². The van der Waals surface area contributed by atoms with Crippen LogP contribution in [0.3, 0.4) is 0 Å². The zero-order valence-corrected chi connectivity index (χ0v) is 7.07. The van der Waals surface area contributed by atoms with Crippen LogP contribution in [0.15, 0.2) is 17.4 Å². The maximum atomic E-state index is 10.7. The van der Waals surface area contributed by atoms with E-state index in [0.29, 0.717) is 6.54 Å². The summed E-state index contributed by atoms with van der Waals surface area (Å²) in [7, 11) is 0. The van der Waals surface area contributed by atoms with Crippen LogP contribution in [0.5, 0.6) is 0 Å². The molecule has 2 amide bonds. The molecule has 1 saturated heterocycles. The van der Waals surface area contributed by atoms with Crippen LogP contribution in [0.2, 0.25) is 0 Å². The highest BCUT2D eigenvalue weighted by atomic mass is 16.2. The number of guanidine groups is 1. The Morgan fingerprint density at radius 1 is 1.29 bits per heavy atom. The minimum atomic E-state index is -0.684. The fraction of sp³-hybridized carbons (Fsp3) is 0.143. The topological polar surface area (TPSA) is 99.2 Å². The van der Waals surface area contributed by atoms with Crippen molar-refractivity contribution in [3.05, 3.63) is 18.0 Å². The molecule has 3 N–H and O–H groups in total. The molecule has 7 nitrogen and oxygen atoms in total. The van der Waals surface area contributed by atoms with Crippen LogP contribution in [0, 0.1) is 0 Å². The molecule has 0 aliphatic carbocycles. The molecule has 0 saturated carbocycles. The summed E-state index contributed by atoms with van der Waals surface area (Å²) in [5, 5.41) is 10.9. The van der Waals surface area contributed by atoms with Crippen molar-refractivity contribution in [1.29, 1.82) is 0 Å². The Balaban J connectivity index is 2.00. The molecule has 14 heavy (non-hydrogen) atoms. The minimum Gasteiger partial charge on any atom is -0.288 e. The van der Waals surface area contributed by atoms with Gasteiger partial charge in [0.1, 0.15) is 0 Å². The summed E-state index contributed by atoms with van der Waals surface area (Å²) < 4.78 is 0. The maximum absolute atomic E-state index is 10.7.